The summed E-state index contributed by atoms with van der Waals surface area (Å²) in [7, 11) is 1.75. The lowest BCUT2D eigenvalue weighted by molar-refractivity contribution is 0.0645. The van der Waals surface area contributed by atoms with Crippen molar-refractivity contribution in [3.05, 3.63) is 29.3 Å². The van der Waals surface area contributed by atoms with Crippen LogP contribution in [0, 0.1) is 5.92 Å². The van der Waals surface area contributed by atoms with Crippen LogP contribution in [0.2, 0.25) is 0 Å². The minimum atomic E-state index is -0.383. The second-order valence-corrected chi connectivity index (χ2v) is 5.51. The molecule has 1 aliphatic heterocycles. The SMILES string of the molecule is CN(CC(O)C1CC1)C(=O)c1ccc2c(c1)CCO2. The van der Waals surface area contributed by atoms with E-state index in [9.17, 15) is 9.90 Å². The van der Waals surface area contributed by atoms with Gasteiger partial charge < -0.3 is 14.7 Å². The highest BCUT2D eigenvalue weighted by Gasteiger charge is 2.31. The van der Waals surface area contributed by atoms with Gasteiger partial charge in [0.1, 0.15) is 5.75 Å². The highest BCUT2D eigenvalue weighted by atomic mass is 16.5. The summed E-state index contributed by atoms with van der Waals surface area (Å²) < 4.78 is 5.43. The lowest BCUT2D eigenvalue weighted by Gasteiger charge is -2.21. The van der Waals surface area contributed by atoms with E-state index < -0.39 is 0 Å². The topological polar surface area (TPSA) is 49.8 Å². The zero-order valence-electron chi connectivity index (χ0n) is 11.1. The first-order valence-corrected chi connectivity index (χ1v) is 6.84. The number of benzene rings is 1. The fraction of sp³-hybridized carbons (Fsp3) is 0.533. The third-order valence-electron chi connectivity index (χ3n) is 3.91. The molecule has 102 valence electrons. The van der Waals surface area contributed by atoms with Gasteiger partial charge in [0.05, 0.1) is 12.7 Å². The minimum absolute atomic E-state index is 0.0330. The molecule has 0 bridgehead atoms. The number of rotatable bonds is 4. The number of aliphatic hydroxyl groups excluding tert-OH is 1. The number of nitrogens with zero attached hydrogens (tertiary/aromatic N) is 1. The van der Waals surface area contributed by atoms with Crippen molar-refractivity contribution in [1.82, 2.24) is 4.90 Å². The maximum Gasteiger partial charge on any atom is 0.253 e. The van der Waals surface area contributed by atoms with Crippen LogP contribution in [0.3, 0.4) is 0 Å². The van der Waals surface area contributed by atoms with Crippen LogP contribution in [0.1, 0.15) is 28.8 Å². The highest BCUT2D eigenvalue weighted by molar-refractivity contribution is 5.94. The van der Waals surface area contributed by atoms with E-state index in [-0.39, 0.29) is 12.0 Å². The molecular formula is C15H19NO3. The van der Waals surface area contributed by atoms with Gasteiger partial charge in [-0.2, -0.15) is 0 Å². The molecule has 4 nitrogen and oxygen atoms in total. The third-order valence-corrected chi connectivity index (χ3v) is 3.91. The third kappa shape index (κ3) is 2.59. The lowest BCUT2D eigenvalue weighted by Crippen LogP contribution is -2.35. The van der Waals surface area contributed by atoms with Gasteiger partial charge in [0.15, 0.2) is 0 Å². The molecule has 1 saturated carbocycles. The molecule has 0 aromatic heterocycles. The number of hydrogen-bond donors (Lipinski definition) is 1. The molecule has 0 radical (unpaired) electrons. The van der Waals surface area contributed by atoms with Gasteiger partial charge in [-0.05, 0) is 42.5 Å². The van der Waals surface area contributed by atoms with E-state index in [0.717, 1.165) is 30.6 Å². The Morgan fingerprint density at radius 2 is 2.32 bits per heavy atom. The van der Waals surface area contributed by atoms with Gasteiger partial charge in [0.25, 0.3) is 5.91 Å². The number of ether oxygens (including phenoxy) is 1. The van der Waals surface area contributed by atoms with E-state index in [4.69, 9.17) is 4.74 Å². The summed E-state index contributed by atoms with van der Waals surface area (Å²) in [6, 6.07) is 5.57. The maximum absolute atomic E-state index is 12.3. The summed E-state index contributed by atoms with van der Waals surface area (Å²) in [6.45, 7) is 1.11. The number of fused-ring (bicyclic) bond motifs is 1. The Hall–Kier alpha value is -1.55. The number of likely N-dealkylation sites (N-methyl/N-ethyl adjacent to an activating group) is 1. The van der Waals surface area contributed by atoms with Crippen molar-refractivity contribution < 1.29 is 14.6 Å². The van der Waals surface area contributed by atoms with Crippen LogP contribution in [-0.2, 0) is 6.42 Å². The second-order valence-electron chi connectivity index (χ2n) is 5.51. The molecule has 1 N–H and O–H groups in total. The molecule has 19 heavy (non-hydrogen) atoms. The van der Waals surface area contributed by atoms with E-state index in [1.807, 2.05) is 12.1 Å². The minimum Gasteiger partial charge on any atom is -0.493 e. The van der Waals surface area contributed by atoms with E-state index in [2.05, 4.69) is 0 Å². The molecule has 1 unspecified atom stereocenters. The zero-order chi connectivity index (χ0) is 13.4. The van der Waals surface area contributed by atoms with Crippen LogP contribution in [0.25, 0.3) is 0 Å². The van der Waals surface area contributed by atoms with E-state index >= 15 is 0 Å². The number of carbonyl (C=O) groups excluding carboxylic acids is 1. The Bertz CT molecular complexity index is 496. The zero-order valence-corrected chi connectivity index (χ0v) is 11.1. The van der Waals surface area contributed by atoms with Crippen molar-refractivity contribution in [2.24, 2.45) is 5.92 Å². The lowest BCUT2D eigenvalue weighted by atomic mass is 10.1. The summed E-state index contributed by atoms with van der Waals surface area (Å²) in [4.78, 5) is 13.9. The highest BCUT2D eigenvalue weighted by Crippen LogP contribution is 2.33. The molecular weight excluding hydrogens is 242 g/mol. The number of amides is 1. The summed E-state index contributed by atoms with van der Waals surface area (Å²) in [5.74, 6) is 1.25. The van der Waals surface area contributed by atoms with Crippen molar-refractivity contribution in [2.75, 3.05) is 20.2 Å². The van der Waals surface area contributed by atoms with Crippen molar-refractivity contribution in [2.45, 2.75) is 25.4 Å². The van der Waals surface area contributed by atoms with Crippen LogP contribution in [0.4, 0.5) is 0 Å². The normalized spacial score (nSPS) is 18.6. The standard InChI is InChI=1S/C15H19NO3/c1-16(9-13(17)10-2-3-10)15(18)12-4-5-14-11(8-12)6-7-19-14/h4-5,8,10,13,17H,2-3,6-7,9H2,1H3. The molecule has 1 atom stereocenters. The number of carbonyl (C=O) groups is 1. The molecule has 4 heteroatoms. The van der Waals surface area contributed by atoms with Crippen molar-refractivity contribution in [3.8, 4) is 5.75 Å². The average molecular weight is 261 g/mol. The summed E-state index contributed by atoms with van der Waals surface area (Å²) in [6.07, 6.45) is 2.65. The van der Waals surface area contributed by atoms with Gasteiger partial charge >= 0.3 is 0 Å². The predicted molar refractivity (Wildman–Crippen MR) is 71.3 cm³/mol. The number of hydrogen-bond acceptors (Lipinski definition) is 3. The van der Waals surface area contributed by atoms with E-state index in [1.54, 1.807) is 18.0 Å². The Morgan fingerprint density at radius 3 is 3.05 bits per heavy atom. The Morgan fingerprint density at radius 1 is 1.53 bits per heavy atom. The van der Waals surface area contributed by atoms with Crippen LogP contribution in [0.15, 0.2) is 18.2 Å². The Labute approximate surface area is 113 Å². The van der Waals surface area contributed by atoms with Gasteiger partial charge in [0.2, 0.25) is 0 Å². The van der Waals surface area contributed by atoms with E-state index in [0.29, 0.717) is 24.6 Å². The van der Waals surface area contributed by atoms with Gasteiger partial charge in [-0.25, -0.2) is 0 Å². The molecule has 1 heterocycles. The molecule has 1 fully saturated rings. The molecule has 1 aromatic carbocycles. The average Bonchev–Trinajstić information content (AvgIpc) is 3.15. The molecule has 1 aliphatic carbocycles. The Balaban J connectivity index is 1.68. The first kappa shape index (κ1) is 12.5. The van der Waals surface area contributed by atoms with Crippen LogP contribution >= 0.6 is 0 Å². The molecule has 3 rings (SSSR count). The molecule has 2 aliphatic rings. The summed E-state index contributed by atoms with van der Waals surface area (Å²) in [5.41, 5.74) is 1.77. The quantitative estimate of drug-likeness (QED) is 0.892. The molecule has 1 aromatic rings. The van der Waals surface area contributed by atoms with Crippen LogP contribution in [-0.4, -0.2) is 42.2 Å². The second kappa shape index (κ2) is 4.85. The first-order chi connectivity index (χ1) is 9.15. The van der Waals surface area contributed by atoms with Crippen molar-refractivity contribution in [3.63, 3.8) is 0 Å². The smallest absolute Gasteiger partial charge is 0.253 e. The van der Waals surface area contributed by atoms with E-state index in [1.165, 1.54) is 0 Å². The fourth-order valence-corrected chi connectivity index (χ4v) is 2.53. The maximum atomic E-state index is 12.3. The first-order valence-electron chi connectivity index (χ1n) is 6.84. The monoisotopic (exact) mass is 261 g/mol. The van der Waals surface area contributed by atoms with Gasteiger partial charge in [0, 0.05) is 25.6 Å². The van der Waals surface area contributed by atoms with Gasteiger partial charge in [-0.1, -0.05) is 0 Å². The predicted octanol–water partition coefficient (Wildman–Crippen LogP) is 1.46. The molecule has 0 spiro atoms. The number of aliphatic hydroxyl groups is 1. The largest absolute Gasteiger partial charge is 0.493 e. The van der Waals surface area contributed by atoms with Gasteiger partial charge in [-0.15, -0.1) is 0 Å². The van der Waals surface area contributed by atoms with Crippen molar-refractivity contribution in [1.29, 1.82) is 0 Å². The van der Waals surface area contributed by atoms with Gasteiger partial charge in [-0.3, -0.25) is 4.79 Å². The fourth-order valence-electron chi connectivity index (χ4n) is 2.53. The summed E-state index contributed by atoms with van der Waals surface area (Å²) >= 11 is 0. The molecule has 0 saturated heterocycles. The van der Waals surface area contributed by atoms with Crippen LogP contribution < -0.4 is 4.74 Å². The van der Waals surface area contributed by atoms with Crippen LogP contribution in [0.5, 0.6) is 5.75 Å². The molecule has 1 amide bonds. The Kier molecular flexibility index (Phi) is 3.19. The summed E-state index contributed by atoms with van der Waals surface area (Å²) in [5, 5.41) is 9.90. The van der Waals surface area contributed by atoms with Crippen molar-refractivity contribution >= 4 is 5.91 Å².